The highest BCUT2D eigenvalue weighted by atomic mass is 35.5. The number of aliphatic hydroxyl groups excluding tert-OH is 1. The number of rotatable bonds is 3. The van der Waals surface area contributed by atoms with Gasteiger partial charge in [-0.25, -0.2) is 24.0 Å². The van der Waals surface area contributed by atoms with E-state index in [1.807, 2.05) is 0 Å². The normalized spacial score (nSPS) is 18.3. The standard InChI is InChI=1S/C21H21ClFN5O4/c22-13-3-5-14(6-4-13)24-20(31)27-11-16(29)12-28(27)21(32)25-15-7-8-18(17(23)10-15)26-9-1-2-19(26)30/h3-8,10,16,29H,1-2,9,11-12H2,(H,24,31)(H,25,32). The van der Waals surface area contributed by atoms with E-state index in [9.17, 15) is 23.9 Å². The van der Waals surface area contributed by atoms with Crippen molar-refractivity contribution in [1.82, 2.24) is 10.0 Å². The summed E-state index contributed by atoms with van der Waals surface area (Å²) in [6.07, 6.45) is 0.113. The van der Waals surface area contributed by atoms with E-state index in [4.69, 9.17) is 11.6 Å². The van der Waals surface area contributed by atoms with Crippen molar-refractivity contribution in [3.8, 4) is 0 Å². The summed E-state index contributed by atoms with van der Waals surface area (Å²) in [6.45, 7) is 0.255. The molecule has 0 aromatic heterocycles. The first kappa shape index (κ1) is 21.8. The Morgan fingerprint density at radius 3 is 2.16 bits per heavy atom. The lowest BCUT2D eigenvalue weighted by atomic mass is 10.2. The third kappa shape index (κ3) is 4.61. The van der Waals surface area contributed by atoms with Crippen LogP contribution in [0.15, 0.2) is 42.5 Å². The molecule has 11 heteroatoms. The fourth-order valence-corrected chi connectivity index (χ4v) is 3.78. The van der Waals surface area contributed by atoms with Gasteiger partial charge in [0.05, 0.1) is 24.9 Å². The van der Waals surface area contributed by atoms with Gasteiger partial charge in [0.2, 0.25) is 5.91 Å². The Morgan fingerprint density at radius 2 is 1.59 bits per heavy atom. The Bertz CT molecular complexity index is 1050. The molecule has 0 radical (unpaired) electrons. The molecule has 0 aliphatic carbocycles. The molecule has 168 valence electrons. The molecule has 2 fully saturated rings. The number of nitrogens with zero attached hydrogens (tertiary/aromatic N) is 3. The lowest BCUT2D eigenvalue weighted by Crippen LogP contribution is -2.48. The maximum atomic E-state index is 14.6. The Labute approximate surface area is 188 Å². The van der Waals surface area contributed by atoms with Crippen molar-refractivity contribution in [3.05, 3.63) is 53.3 Å². The maximum Gasteiger partial charge on any atom is 0.340 e. The topological polar surface area (TPSA) is 105 Å². The average Bonchev–Trinajstić information content (AvgIpc) is 3.35. The molecule has 0 bridgehead atoms. The quantitative estimate of drug-likeness (QED) is 0.652. The molecule has 2 aromatic rings. The summed E-state index contributed by atoms with van der Waals surface area (Å²) in [5.74, 6) is -0.786. The van der Waals surface area contributed by atoms with Crippen LogP contribution in [0.4, 0.5) is 31.0 Å². The largest absolute Gasteiger partial charge is 0.389 e. The number of hydrogen-bond acceptors (Lipinski definition) is 4. The van der Waals surface area contributed by atoms with Crippen molar-refractivity contribution >= 4 is 46.6 Å². The van der Waals surface area contributed by atoms with Crippen LogP contribution in [0.25, 0.3) is 0 Å². The number of aliphatic hydroxyl groups is 1. The number of hydrogen-bond donors (Lipinski definition) is 3. The molecular weight excluding hydrogens is 441 g/mol. The minimum atomic E-state index is -0.933. The van der Waals surface area contributed by atoms with Crippen molar-refractivity contribution in [2.24, 2.45) is 0 Å². The summed E-state index contributed by atoms with van der Waals surface area (Å²) < 4.78 is 14.6. The molecule has 2 aromatic carbocycles. The zero-order valence-electron chi connectivity index (χ0n) is 16.9. The van der Waals surface area contributed by atoms with E-state index in [1.54, 1.807) is 24.3 Å². The summed E-state index contributed by atoms with van der Waals surface area (Å²) in [4.78, 5) is 38.6. The number of amides is 5. The molecule has 1 atom stereocenters. The van der Waals surface area contributed by atoms with Crippen molar-refractivity contribution in [2.75, 3.05) is 35.2 Å². The number of halogens is 2. The first-order valence-electron chi connectivity index (χ1n) is 10.0. The molecule has 3 N–H and O–H groups in total. The summed E-state index contributed by atoms with van der Waals surface area (Å²) in [5, 5.41) is 17.8. The molecule has 2 aliphatic rings. The zero-order valence-corrected chi connectivity index (χ0v) is 17.7. The van der Waals surface area contributed by atoms with Crippen LogP contribution < -0.4 is 15.5 Å². The van der Waals surface area contributed by atoms with Gasteiger partial charge in [-0.2, -0.15) is 0 Å². The number of β-amino-alcohol motifs (C(OH)–C–C–N with tert-alkyl or cyclic N) is 1. The summed E-state index contributed by atoms with van der Waals surface area (Å²) in [5.41, 5.74) is 0.781. The molecule has 32 heavy (non-hydrogen) atoms. The van der Waals surface area contributed by atoms with Gasteiger partial charge in [-0.1, -0.05) is 11.6 Å². The van der Waals surface area contributed by atoms with Crippen molar-refractivity contribution in [1.29, 1.82) is 0 Å². The Hall–Kier alpha value is -3.37. The number of carbonyl (C=O) groups excluding carboxylic acids is 3. The minimum absolute atomic E-state index is 0.0861. The average molecular weight is 462 g/mol. The van der Waals surface area contributed by atoms with Crippen molar-refractivity contribution in [2.45, 2.75) is 18.9 Å². The lowest BCUT2D eigenvalue weighted by Gasteiger charge is -2.27. The zero-order chi connectivity index (χ0) is 22.8. The predicted octanol–water partition coefficient (Wildman–Crippen LogP) is 3.26. The SMILES string of the molecule is O=C1CCCN1c1ccc(NC(=O)N2CC(O)CN2C(=O)Nc2ccc(Cl)cc2)cc1F. The number of nitrogens with one attached hydrogen (secondary N) is 2. The van der Waals surface area contributed by atoms with Gasteiger partial charge in [-0.15, -0.1) is 0 Å². The smallest absolute Gasteiger partial charge is 0.340 e. The highest BCUT2D eigenvalue weighted by Crippen LogP contribution is 2.27. The fraction of sp³-hybridized carbons (Fsp3) is 0.286. The molecule has 2 heterocycles. The molecule has 5 amide bonds. The van der Waals surface area contributed by atoms with E-state index in [0.717, 1.165) is 16.1 Å². The summed E-state index contributed by atoms with van der Waals surface area (Å²) in [7, 11) is 0. The van der Waals surface area contributed by atoms with E-state index < -0.39 is 24.0 Å². The molecule has 4 rings (SSSR count). The second-order valence-electron chi connectivity index (χ2n) is 7.50. The fourth-order valence-electron chi connectivity index (χ4n) is 3.65. The molecular formula is C21H21ClFN5O4. The van der Waals surface area contributed by atoms with Crippen LogP contribution in [0.1, 0.15) is 12.8 Å². The lowest BCUT2D eigenvalue weighted by molar-refractivity contribution is -0.117. The second-order valence-corrected chi connectivity index (χ2v) is 7.94. The van der Waals surface area contributed by atoms with Crippen LogP contribution in [0.5, 0.6) is 0 Å². The summed E-state index contributed by atoms with van der Waals surface area (Å²) >= 11 is 5.84. The Kier molecular flexibility index (Phi) is 6.15. The highest BCUT2D eigenvalue weighted by molar-refractivity contribution is 6.30. The van der Waals surface area contributed by atoms with Crippen LogP contribution in [0.3, 0.4) is 0 Å². The number of anilines is 3. The molecule has 0 saturated carbocycles. The van der Waals surface area contributed by atoms with Gasteiger partial charge in [-0.05, 0) is 48.9 Å². The molecule has 9 nitrogen and oxygen atoms in total. The molecule has 1 unspecified atom stereocenters. The van der Waals surface area contributed by atoms with E-state index in [1.165, 1.54) is 17.0 Å². The van der Waals surface area contributed by atoms with Crippen LogP contribution >= 0.6 is 11.6 Å². The van der Waals surface area contributed by atoms with Gasteiger partial charge in [0.25, 0.3) is 0 Å². The predicted molar refractivity (Wildman–Crippen MR) is 117 cm³/mol. The number of hydrazine groups is 1. The maximum absolute atomic E-state index is 14.6. The van der Waals surface area contributed by atoms with Crippen molar-refractivity contribution in [3.63, 3.8) is 0 Å². The molecule has 0 spiro atoms. The molecule has 2 aliphatic heterocycles. The monoisotopic (exact) mass is 461 g/mol. The van der Waals surface area contributed by atoms with Crippen LogP contribution in [0.2, 0.25) is 5.02 Å². The van der Waals surface area contributed by atoms with E-state index in [0.29, 0.717) is 30.1 Å². The van der Waals surface area contributed by atoms with E-state index >= 15 is 0 Å². The van der Waals surface area contributed by atoms with Gasteiger partial charge in [0, 0.05) is 29.4 Å². The van der Waals surface area contributed by atoms with E-state index in [2.05, 4.69) is 10.6 Å². The van der Waals surface area contributed by atoms with Gasteiger partial charge < -0.3 is 20.6 Å². The Balaban J connectivity index is 1.44. The third-order valence-electron chi connectivity index (χ3n) is 5.19. The second kappa shape index (κ2) is 9.01. The van der Waals surface area contributed by atoms with Gasteiger partial charge in [0.15, 0.2) is 0 Å². The Morgan fingerprint density at radius 1 is 1.00 bits per heavy atom. The first-order chi connectivity index (χ1) is 15.3. The van der Waals surface area contributed by atoms with Crippen molar-refractivity contribution < 1.29 is 23.9 Å². The third-order valence-corrected chi connectivity index (χ3v) is 5.44. The highest BCUT2D eigenvalue weighted by Gasteiger charge is 2.36. The van der Waals surface area contributed by atoms with Crippen LogP contribution in [-0.4, -0.2) is 58.8 Å². The number of urea groups is 2. The summed E-state index contributed by atoms with van der Waals surface area (Å²) in [6, 6.07) is 9.11. The van der Waals surface area contributed by atoms with E-state index in [-0.39, 0.29) is 30.4 Å². The number of carbonyl (C=O) groups is 3. The number of benzene rings is 2. The van der Waals surface area contributed by atoms with Gasteiger partial charge in [0.1, 0.15) is 5.82 Å². The van der Waals surface area contributed by atoms with Crippen LogP contribution in [0, 0.1) is 5.82 Å². The van der Waals surface area contributed by atoms with Gasteiger partial charge >= 0.3 is 12.1 Å². The molecule has 2 saturated heterocycles. The minimum Gasteiger partial charge on any atom is -0.389 e. The first-order valence-corrected chi connectivity index (χ1v) is 10.4. The van der Waals surface area contributed by atoms with Crippen LogP contribution in [-0.2, 0) is 4.79 Å². The van der Waals surface area contributed by atoms with Gasteiger partial charge in [-0.3, -0.25) is 4.79 Å².